The summed E-state index contributed by atoms with van der Waals surface area (Å²) in [6.45, 7) is 0. The molecule has 0 unspecified atom stereocenters. The number of esters is 4. The molecule has 2 aromatic carbocycles. The summed E-state index contributed by atoms with van der Waals surface area (Å²) >= 11 is 0. The Kier molecular flexibility index (Phi) is 9.39. The third-order valence-corrected chi connectivity index (χ3v) is 4.20. The first-order valence-corrected chi connectivity index (χ1v) is 9.63. The summed E-state index contributed by atoms with van der Waals surface area (Å²) in [6, 6.07) is 9.63. The molecule has 0 bridgehead atoms. The average molecular weight is 470 g/mol. The van der Waals surface area contributed by atoms with Crippen molar-refractivity contribution in [1.82, 2.24) is 0 Å². The molecule has 34 heavy (non-hydrogen) atoms. The fourth-order valence-corrected chi connectivity index (χ4v) is 2.57. The summed E-state index contributed by atoms with van der Waals surface area (Å²) in [4.78, 5) is 46.4. The van der Waals surface area contributed by atoms with Crippen LogP contribution in [0, 0.1) is 0 Å². The maximum atomic E-state index is 12.1. The minimum atomic E-state index is -0.817. The number of methoxy groups -OCH3 is 4. The standard InChI is InChI=1S/C24H22O10/c1-29-17-7-5-15(13-19(17)33-23(27)11-9-21(25)31-3)16-6-8-18(30-2)20(14-16)34-24(28)12-10-22(26)32-4/h5-14H,1-4H3/b11-9-,12-10-. The predicted octanol–water partition coefficient (Wildman–Crippen LogP) is 2.64. The summed E-state index contributed by atoms with van der Waals surface area (Å²) in [7, 11) is 5.17. The zero-order chi connectivity index (χ0) is 25.1. The van der Waals surface area contributed by atoms with Gasteiger partial charge in [-0.25, -0.2) is 19.2 Å². The maximum absolute atomic E-state index is 12.1. The molecule has 0 saturated heterocycles. The molecule has 0 aliphatic rings. The minimum Gasteiger partial charge on any atom is -0.493 e. The normalized spacial score (nSPS) is 10.6. The smallest absolute Gasteiger partial charge is 0.336 e. The molecule has 0 heterocycles. The van der Waals surface area contributed by atoms with Gasteiger partial charge in [-0.15, -0.1) is 0 Å². The van der Waals surface area contributed by atoms with Gasteiger partial charge in [-0.1, -0.05) is 12.1 Å². The van der Waals surface area contributed by atoms with Crippen molar-refractivity contribution >= 4 is 23.9 Å². The van der Waals surface area contributed by atoms with Crippen LogP contribution in [0.15, 0.2) is 60.7 Å². The van der Waals surface area contributed by atoms with E-state index in [1.807, 2.05) is 0 Å². The monoisotopic (exact) mass is 470 g/mol. The molecule has 0 spiro atoms. The first-order valence-electron chi connectivity index (χ1n) is 9.63. The van der Waals surface area contributed by atoms with E-state index >= 15 is 0 Å². The van der Waals surface area contributed by atoms with Crippen LogP contribution < -0.4 is 18.9 Å². The average Bonchev–Trinajstić information content (AvgIpc) is 2.85. The predicted molar refractivity (Wildman–Crippen MR) is 119 cm³/mol. The van der Waals surface area contributed by atoms with E-state index in [1.54, 1.807) is 24.3 Å². The number of carbonyl (C=O) groups excluding carboxylic acids is 4. The highest BCUT2D eigenvalue weighted by Gasteiger charge is 2.14. The van der Waals surface area contributed by atoms with E-state index in [9.17, 15) is 19.2 Å². The van der Waals surface area contributed by atoms with Gasteiger partial charge in [-0.3, -0.25) is 0 Å². The summed E-state index contributed by atoms with van der Waals surface area (Å²) in [5, 5.41) is 0. The van der Waals surface area contributed by atoms with E-state index in [2.05, 4.69) is 9.47 Å². The highest BCUT2D eigenvalue weighted by atomic mass is 16.6. The zero-order valence-corrected chi connectivity index (χ0v) is 18.9. The van der Waals surface area contributed by atoms with Gasteiger partial charge in [0, 0.05) is 24.3 Å². The quantitative estimate of drug-likeness (QED) is 0.307. The Morgan fingerprint density at radius 2 is 0.882 bits per heavy atom. The minimum absolute atomic E-state index is 0.0925. The van der Waals surface area contributed by atoms with Crippen molar-refractivity contribution in [2.24, 2.45) is 0 Å². The lowest BCUT2D eigenvalue weighted by molar-refractivity contribution is -0.136. The van der Waals surface area contributed by atoms with Crippen LogP contribution in [0.1, 0.15) is 0 Å². The summed E-state index contributed by atoms with van der Waals surface area (Å²) in [5.41, 5.74) is 1.18. The SMILES string of the molecule is COC(=O)/C=C\C(=O)Oc1cc(-c2ccc(OC)c(OC(=O)/C=C\C(=O)OC)c2)ccc1OC. The van der Waals surface area contributed by atoms with Crippen molar-refractivity contribution in [1.29, 1.82) is 0 Å². The Hall–Kier alpha value is -4.60. The molecule has 0 atom stereocenters. The van der Waals surface area contributed by atoms with Crippen molar-refractivity contribution in [3.05, 3.63) is 60.7 Å². The Morgan fingerprint density at radius 3 is 1.21 bits per heavy atom. The van der Waals surface area contributed by atoms with Gasteiger partial charge < -0.3 is 28.4 Å². The number of hydrogen-bond donors (Lipinski definition) is 0. The van der Waals surface area contributed by atoms with Crippen molar-refractivity contribution in [3.8, 4) is 34.1 Å². The lowest BCUT2D eigenvalue weighted by Gasteiger charge is -2.13. The van der Waals surface area contributed by atoms with Crippen LogP contribution in [0.5, 0.6) is 23.0 Å². The van der Waals surface area contributed by atoms with Crippen LogP contribution in [0.3, 0.4) is 0 Å². The molecule has 2 aromatic rings. The van der Waals surface area contributed by atoms with Crippen LogP contribution in [0.2, 0.25) is 0 Å². The van der Waals surface area contributed by atoms with E-state index < -0.39 is 23.9 Å². The van der Waals surface area contributed by atoms with Crippen LogP contribution in [0.25, 0.3) is 11.1 Å². The van der Waals surface area contributed by atoms with E-state index in [1.165, 1.54) is 40.6 Å². The molecule has 0 aliphatic heterocycles. The molecule has 10 heteroatoms. The number of hydrogen-bond acceptors (Lipinski definition) is 10. The molecule has 0 fully saturated rings. The van der Waals surface area contributed by atoms with Gasteiger partial charge in [-0.2, -0.15) is 0 Å². The van der Waals surface area contributed by atoms with E-state index in [0.29, 0.717) is 11.1 Å². The zero-order valence-electron chi connectivity index (χ0n) is 18.9. The van der Waals surface area contributed by atoms with Gasteiger partial charge in [0.25, 0.3) is 0 Å². The third-order valence-electron chi connectivity index (χ3n) is 4.20. The Labute approximate surface area is 195 Å². The second-order valence-electron chi connectivity index (χ2n) is 6.29. The summed E-state index contributed by atoms with van der Waals surface area (Å²) in [5.74, 6) is -2.32. The number of ether oxygens (including phenoxy) is 6. The second-order valence-corrected chi connectivity index (χ2v) is 6.29. The van der Waals surface area contributed by atoms with Crippen LogP contribution in [-0.4, -0.2) is 52.3 Å². The van der Waals surface area contributed by atoms with Gasteiger partial charge >= 0.3 is 23.9 Å². The lowest BCUT2D eigenvalue weighted by atomic mass is 10.0. The van der Waals surface area contributed by atoms with Crippen LogP contribution in [0.4, 0.5) is 0 Å². The fraction of sp³-hybridized carbons (Fsp3) is 0.167. The molecular formula is C24H22O10. The second kappa shape index (κ2) is 12.4. The number of benzene rings is 2. The van der Waals surface area contributed by atoms with Crippen LogP contribution in [-0.2, 0) is 28.7 Å². The molecule has 10 nitrogen and oxygen atoms in total. The van der Waals surface area contributed by atoms with Gasteiger partial charge in [0.1, 0.15) is 0 Å². The first kappa shape index (κ1) is 25.7. The summed E-state index contributed by atoms with van der Waals surface area (Å²) < 4.78 is 29.9. The Bertz CT molecular complexity index is 1040. The highest BCUT2D eigenvalue weighted by Crippen LogP contribution is 2.36. The van der Waals surface area contributed by atoms with Crippen LogP contribution >= 0.6 is 0 Å². The molecule has 0 radical (unpaired) electrons. The molecule has 0 aliphatic carbocycles. The van der Waals surface area contributed by atoms with E-state index in [4.69, 9.17) is 18.9 Å². The van der Waals surface area contributed by atoms with Crippen molar-refractivity contribution in [2.45, 2.75) is 0 Å². The Morgan fingerprint density at radius 1 is 0.529 bits per heavy atom. The van der Waals surface area contributed by atoms with E-state index in [0.717, 1.165) is 24.3 Å². The van der Waals surface area contributed by atoms with Crippen molar-refractivity contribution in [3.63, 3.8) is 0 Å². The van der Waals surface area contributed by atoms with Crippen molar-refractivity contribution in [2.75, 3.05) is 28.4 Å². The number of rotatable bonds is 9. The topological polar surface area (TPSA) is 124 Å². The van der Waals surface area contributed by atoms with E-state index in [-0.39, 0.29) is 23.0 Å². The third kappa shape index (κ3) is 7.23. The lowest BCUT2D eigenvalue weighted by Crippen LogP contribution is -2.07. The van der Waals surface area contributed by atoms with Gasteiger partial charge in [0.05, 0.1) is 28.4 Å². The molecule has 178 valence electrons. The molecule has 0 saturated carbocycles. The van der Waals surface area contributed by atoms with Gasteiger partial charge in [0.15, 0.2) is 23.0 Å². The molecular weight excluding hydrogens is 448 g/mol. The largest absolute Gasteiger partial charge is 0.493 e. The molecule has 0 aromatic heterocycles. The maximum Gasteiger partial charge on any atom is 0.336 e. The number of carbonyl (C=O) groups is 4. The molecule has 0 N–H and O–H groups in total. The molecule has 0 amide bonds. The first-order chi connectivity index (χ1) is 16.3. The molecule has 2 rings (SSSR count). The van der Waals surface area contributed by atoms with Gasteiger partial charge in [0.2, 0.25) is 0 Å². The van der Waals surface area contributed by atoms with Gasteiger partial charge in [-0.05, 0) is 35.4 Å². The highest BCUT2D eigenvalue weighted by molar-refractivity contribution is 5.93. The van der Waals surface area contributed by atoms with Crippen molar-refractivity contribution < 1.29 is 47.6 Å². The Balaban J connectivity index is 2.34. The summed E-state index contributed by atoms with van der Waals surface area (Å²) in [6.07, 6.45) is 3.70. The fourth-order valence-electron chi connectivity index (χ4n) is 2.57.